The number of carbonyl (C=O) groups is 1. The van der Waals surface area contributed by atoms with E-state index in [1.165, 1.54) is 81.8 Å². The molecule has 1 unspecified atom stereocenters. The highest BCUT2D eigenvalue weighted by Crippen LogP contribution is 2.18. The van der Waals surface area contributed by atoms with Crippen molar-refractivity contribution in [3.8, 4) is 5.75 Å². The first-order valence-corrected chi connectivity index (χ1v) is 16.2. The van der Waals surface area contributed by atoms with E-state index in [0.29, 0.717) is 19.6 Å². The number of carbonyl (C=O) groups excluding carboxylic acids is 1. The maximum absolute atomic E-state index is 12.7. The summed E-state index contributed by atoms with van der Waals surface area (Å²) in [5, 5.41) is 0. The molecule has 224 valence electrons. The van der Waals surface area contributed by atoms with Crippen LogP contribution in [0.1, 0.15) is 108 Å². The van der Waals surface area contributed by atoms with Gasteiger partial charge in [-0.3, -0.25) is 4.79 Å². The van der Waals surface area contributed by atoms with E-state index in [4.69, 9.17) is 9.47 Å². The van der Waals surface area contributed by atoms with Gasteiger partial charge in [0.2, 0.25) is 0 Å². The third-order valence-electron chi connectivity index (χ3n) is 7.79. The summed E-state index contributed by atoms with van der Waals surface area (Å²) in [6.45, 7) is 6.97. The van der Waals surface area contributed by atoms with E-state index in [2.05, 4.69) is 76.5 Å². The first-order chi connectivity index (χ1) is 19.4. The highest BCUT2D eigenvalue weighted by molar-refractivity contribution is 5.72. The number of aryl methyl sites for hydroxylation is 1. The van der Waals surface area contributed by atoms with Gasteiger partial charge in [0.1, 0.15) is 18.2 Å². The average Bonchev–Trinajstić information content (AvgIpc) is 2.95. The molecule has 0 bridgehead atoms. The molecule has 2 aromatic carbocycles. The summed E-state index contributed by atoms with van der Waals surface area (Å²) < 4.78 is 12.3. The van der Waals surface area contributed by atoms with Crippen molar-refractivity contribution in [2.24, 2.45) is 5.92 Å². The fourth-order valence-electron chi connectivity index (χ4n) is 5.39. The minimum Gasteiger partial charge on any atom is -0.493 e. The molecule has 4 nitrogen and oxygen atoms in total. The predicted molar refractivity (Wildman–Crippen MR) is 169 cm³/mol. The van der Waals surface area contributed by atoms with Gasteiger partial charge in [0.25, 0.3) is 0 Å². The lowest BCUT2D eigenvalue weighted by atomic mass is 10.0. The minimum absolute atomic E-state index is 0.0893. The van der Waals surface area contributed by atoms with Gasteiger partial charge in [-0.15, -0.1) is 0 Å². The molecule has 0 spiro atoms. The van der Waals surface area contributed by atoms with Crippen LogP contribution in [0.2, 0.25) is 0 Å². The van der Waals surface area contributed by atoms with E-state index < -0.39 is 0 Å². The van der Waals surface area contributed by atoms with Crippen LogP contribution in [0.3, 0.4) is 0 Å². The summed E-state index contributed by atoms with van der Waals surface area (Å²) in [4.78, 5) is 12.7. The first kappa shape index (κ1) is 33.9. The largest absolute Gasteiger partial charge is 0.493 e. The molecule has 0 N–H and O–H groups in total. The number of esters is 1. The third-order valence-corrected chi connectivity index (χ3v) is 7.79. The van der Waals surface area contributed by atoms with E-state index in [0.717, 1.165) is 36.2 Å². The zero-order valence-corrected chi connectivity index (χ0v) is 26.2. The number of hydrogen-bond donors (Lipinski definition) is 0. The van der Waals surface area contributed by atoms with E-state index in [1.807, 2.05) is 6.07 Å². The molecular weight excluding hydrogens is 494 g/mol. The van der Waals surface area contributed by atoms with Gasteiger partial charge in [0.15, 0.2) is 0 Å². The molecule has 2 rings (SSSR count). The van der Waals surface area contributed by atoms with Gasteiger partial charge < -0.3 is 14.0 Å². The van der Waals surface area contributed by atoms with Crippen molar-refractivity contribution in [2.75, 3.05) is 33.9 Å². The van der Waals surface area contributed by atoms with Crippen molar-refractivity contribution in [2.45, 2.75) is 110 Å². The summed E-state index contributed by atoms with van der Waals surface area (Å²) in [5.41, 5.74) is 2.67. The Hall–Kier alpha value is -2.33. The first-order valence-electron chi connectivity index (χ1n) is 16.2. The lowest BCUT2D eigenvalue weighted by Gasteiger charge is -2.32. The lowest BCUT2D eigenvalue weighted by molar-refractivity contribution is -0.906. The molecule has 2 aromatic rings. The van der Waals surface area contributed by atoms with Crippen LogP contribution < -0.4 is 4.74 Å². The summed E-state index contributed by atoms with van der Waals surface area (Å²) >= 11 is 0. The number of ether oxygens (including phenoxy) is 2. The average molecular weight is 553 g/mol. The van der Waals surface area contributed by atoms with Crippen molar-refractivity contribution < 1.29 is 18.8 Å². The molecule has 0 aliphatic heterocycles. The van der Waals surface area contributed by atoms with Crippen LogP contribution in [0, 0.1) is 5.92 Å². The van der Waals surface area contributed by atoms with Crippen LogP contribution in [0.5, 0.6) is 5.75 Å². The number of nitrogens with zero attached hydrogens (tertiary/aromatic N) is 1. The molecule has 0 saturated heterocycles. The molecule has 0 aromatic heterocycles. The molecule has 0 saturated carbocycles. The Morgan fingerprint density at radius 3 is 1.90 bits per heavy atom. The van der Waals surface area contributed by atoms with Crippen LogP contribution in [0.4, 0.5) is 0 Å². The fourth-order valence-corrected chi connectivity index (χ4v) is 5.39. The topological polar surface area (TPSA) is 35.5 Å². The Morgan fingerprint density at radius 1 is 0.700 bits per heavy atom. The van der Waals surface area contributed by atoms with Gasteiger partial charge in [0.05, 0.1) is 33.9 Å². The number of rotatable bonds is 23. The molecule has 4 heteroatoms. The van der Waals surface area contributed by atoms with Gasteiger partial charge in [-0.2, -0.15) is 0 Å². The van der Waals surface area contributed by atoms with Crippen LogP contribution in [0.15, 0.2) is 54.6 Å². The zero-order valence-electron chi connectivity index (χ0n) is 26.2. The van der Waals surface area contributed by atoms with E-state index in [9.17, 15) is 4.79 Å². The lowest BCUT2D eigenvalue weighted by Crippen LogP contribution is -2.44. The molecule has 40 heavy (non-hydrogen) atoms. The second kappa shape index (κ2) is 20.5. The summed E-state index contributed by atoms with van der Waals surface area (Å²) in [6.07, 6.45) is 17.8. The molecule has 1 atom stereocenters. The van der Waals surface area contributed by atoms with Crippen LogP contribution in [0.25, 0.3) is 0 Å². The van der Waals surface area contributed by atoms with Crippen molar-refractivity contribution in [1.29, 1.82) is 0 Å². The van der Waals surface area contributed by atoms with Gasteiger partial charge in [0, 0.05) is 12.0 Å². The Labute approximate surface area is 246 Å². The van der Waals surface area contributed by atoms with E-state index in [-0.39, 0.29) is 11.9 Å². The van der Waals surface area contributed by atoms with Gasteiger partial charge >= 0.3 is 5.97 Å². The summed E-state index contributed by atoms with van der Waals surface area (Å²) in [6, 6.07) is 19.0. The smallest absolute Gasteiger partial charge is 0.314 e. The number of hydrogen-bond acceptors (Lipinski definition) is 3. The van der Waals surface area contributed by atoms with Crippen molar-refractivity contribution in [1.82, 2.24) is 0 Å². The maximum atomic E-state index is 12.7. The molecule has 0 heterocycles. The van der Waals surface area contributed by atoms with Crippen molar-refractivity contribution >= 4 is 5.97 Å². The maximum Gasteiger partial charge on any atom is 0.314 e. The third kappa shape index (κ3) is 15.5. The fraction of sp³-hybridized carbons (Fsp3) is 0.639. The van der Waals surface area contributed by atoms with Crippen molar-refractivity contribution in [3.63, 3.8) is 0 Å². The van der Waals surface area contributed by atoms with Crippen LogP contribution in [-0.4, -0.2) is 44.3 Å². The standard InChI is InChI=1S/C36H58NO3/c1-5-7-8-9-10-11-12-13-14-15-17-21-32-24-26-35(27-25-32)39-28-20-29-40-36(38)34(6-2)31-37(3,4)30-33-22-18-16-19-23-33/h16,18-19,22-27,34H,5-15,17,20-21,28-31H2,1-4H3/q+1. The highest BCUT2D eigenvalue weighted by Gasteiger charge is 2.27. The second-order valence-corrected chi connectivity index (χ2v) is 12.2. The number of quaternary nitrogens is 1. The Bertz CT molecular complexity index is 894. The summed E-state index contributed by atoms with van der Waals surface area (Å²) in [7, 11) is 4.36. The van der Waals surface area contributed by atoms with Crippen LogP contribution >= 0.6 is 0 Å². The zero-order chi connectivity index (χ0) is 28.9. The van der Waals surface area contributed by atoms with Gasteiger partial charge in [-0.1, -0.05) is 121 Å². The SMILES string of the molecule is CCCCCCCCCCCCCc1ccc(OCCCOC(=O)C(CC)C[N+](C)(C)Cc2ccccc2)cc1. The molecule has 0 amide bonds. The van der Waals surface area contributed by atoms with E-state index >= 15 is 0 Å². The quantitative estimate of drug-likeness (QED) is 0.0783. The number of benzene rings is 2. The minimum atomic E-state index is -0.0903. The summed E-state index contributed by atoms with van der Waals surface area (Å²) in [5.74, 6) is 0.710. The number of unbranched alkanes of at least 4 members (excludes halogenated alkanes) is 10. The molecule has 0 aliphatic rings. The normalized spacial score (nSPS) is 12.3. The Balaban J connectivity index is 1.53. The highest BCUT2D eigenvalue weighted by atomic mass is 16.5. The van der Waals surface area contributed by atoms with Gasteiger partial charge in [-0.25, -0.2) is 0 Å². The monoisotopic (exact) mass is 552 g/mol. The van der Waals surface area contributed by atoms with Crippen molar-refractivity contribution in [3.05, 3.63) is 65.7 Å². The van der Waals surface area contributed by atoms with Gasteiger partial charge in [-0.05, 0) is 37.0 Å². The second-order valence-electron chi connectivity index (χ2n) is 12.2. The molecular formula is C36H58NO3+. The predicted octanol–water partition coefficient (Wildman–Crippen LogP) is 9.16. The van der Waals surface area contributed by atoms with E-state index in [1.54, 1.807) is 0 Å². The van der Waals surface area contributed by atoms with Crippen LogP contribution in [-0.2, 0) is 22.5 Å². The molecule has 0 aliphatic carbocycles. The Morgan fingerprint density at radius 2 is 1.30 bits per heavy atom. The molecule has 0 fully saturated rings. The molecule has 0 radical (unpaired) electrons. The Kier molecular flexibility index (Phi) is 17.4.